The average Bonchev–Trinajstić information content (AvgIpc) is 3.04. The van der Waals surface area contributed by atoms with Gasteiger partial charge in [0.05, 0.1) is 9.82 Å². The number of non-ortho nitro benzene ring substituents is 1. The Morgan fingerprint density at radius 1 is 1.07 bits per heavy atom. The summed E-state index contributed by atoms with van der Waals surface area (Å²) in [5.74, 6) is 0.283. The summed E-state index contributed by atoms with van der Waals surface area (Å²) in [6, 6.07) is 11.4. The fourth-order valence-corrected chi connectivity index (χ4v) is 5.61. The molecule has 1 aliphatic heterocycles. The number of rotatable bonds is 4. The molecule has 1 N–H and O–H groups in total. The molecular weight excluding hydrogens is 390 g/mol. The topological polar surface area (TPSA) is 96.3 Å². The molecule has 3 aromatic rings. The zero-order valence-electron chi connectivity index (χ0n) is 16.4. The van der Waals surface area contributed by atoms with Gasteiger partial charge in [0.25, 0.3) is 5.69 Å². The molecule has 0 atom stereocenters. The minimum Gasteiger partial charge on any atom is -0.358 e. The highest BCUT2D eigenvalue weighted by atomic mass is 32.2. The maximum absolute atomic E-state index is 12.9. The molecule has 1 aromatic heterocycles. The third kappa shape index (κ3) is 3.54. The van der Waals surface area contributed by atoms with Crippen LogP contribution in [0.2, 0.25) is 0 Å². The first kappa shape index (κ1) is 19.6. The lowest BCUT2D eigenvalue weighted by molar-refractivity contribution is -0.384. The average molecular weight is 413 g/mol. The maximum Gasteiger partial charge on any atom is 0.269 e. The molecule has 29 heavy (non-hydrogen) atoms. The van der Waals surface area contributed by atoms with E-state index in [-0.39, 0.29) is 16.5 Å². The molecule has 1 fully saturated rings. The summed E-state index contributed by atoms with van der Waals surface area (Å²) in [5.41, 5.74) is 4.64. The van der Waals surface area contributed by atoms with Gasteiger partial charge in [-0.2, -0.15) is 4.31 Å². The first-order chi connectivity index (χ1) is 13.8. The smallest absolute Gasteiger partial charge is 0.269 e. The van der Waals surface area contributed by atoms with Crippen LogP contribution in [0.5, 0.6) is 0 Å². The van der Waals surface area contributed by atoms with E-state index in [2.05, 4.69) is 37.0 Å². The number of hydrogen-bond donors (Lipinski definition) is 1. The summed E-state index contributed by atoms with van der Waals surface area (Å²) in [7, 11) is -3.65. The molecule has 0 spiro atoms. The highest BCUT2D eigenvalue weighted by Crippen LogP contribution is 2.35. The van der Waals surface area contributed by atoms with E-state index in [0.29, 0.717) is 13.1 Å². The van der Waals surface area contributed by atoms with Gasteiger partial charge in [-0.05, 0) is 56.5 Å². The minimum atomic E-state index is -3.65. The molecule has 0 aliphatic carbocycles. The number of aryl methyl sites for hydroxylation is 2. The summed E-state index contributed by atoms with van der Waals surface area (Å²) >= 11 is 0. The number of fused-ring (bicyclic) bond motifs is 1. The fourth-order valence-electron chi connectivity index (χ4n) is 4.14. The van der Waals surface area contributed by atoms with E-state index in [4.69, 9.17) is 0 Å². The van der Waals surface area contributed by atoms with Crippen LogP contribution in [0, 0.1) is 24.0 Å². The summed E-state index contributed by atoms with van der Waals surface area (Å²) in [6.45, 7) is 5.05. The Hall–Kier alpha value is -2.71. The normalized spacial score (nSPS) is 16.3. The van der Waals surface area contributed by atoms with E-state index in [1.165, 1.54) is 50.8 Å². The first-order valence-corrected chi connectivity index (χ1v) is 11.0. The van der Waals surface area contributed by atoms with Gasteiger partial charge in [-0.1, -0.05) is 11.6 Å². The van der Waals surface area contributed by atoms with Gasteiger partial charge in [-0.25, -0.2) is 8.42 Å². The lowest BCUT2D eigenvalue weighted by Gasteiger charge is -2.31. The minimum absolute atomic E-state index is 0.0961. The summed E-state index contributed by atoms with van der Waals surface area (Å²) in [4.78, 5) is 13.9. The fraction of sp³-hybridized carbons (Fsp3) is 0.333. The molecular formula is C21H23N3O4S. The predicted molar refractivity (Wildman–Crippen MR) is 112 cm³/mol. The van der Waals surface area contributed by atoms with Gasteiger partial charge in [0.1, 0.15) is 0 Å². The molecule has 0 saturated carbocycles. The van der Waals surface area contributed by atoms with Crippen molar-refractivity contribution in [3.8, 4) is 0 Å². The number of benzene rings is 2. The van der Waals surface area contributed by atoms with Gasteiger partial charge in [0.15, 0.2) is 0 Å². The van der Waals surface area contributed by atoms with Crippen LogP contribution in [0.15, 0.2) is 47.4 Å². The number of nitro benzene ring substituents is 1. The molecule has 2 heterocycles. The molecule has 152 valence electrons. The van der Waals surface area contributed by atoms with Gasteiger partial charge in [0, 0.05) is 47.7 Å². The van der Waals surface area contributed by atoms with Crippen molar-refractivity contribution < 1.29 is 13.3 Å². The van der Waals surface area contributed by atoms with E-state index < -0.39 is 14.9 Å². The maximum atomic E-state index is 12.9. The van der Waals surface area contributed by atoms with Crippen molar-refractivity contribution in [3.63, 3.8) is 0 Å². The number of nitrogens with zero attached hydrogens (tertiary/aromatic N) is 2. The van der Waals surface area contributed by atoms with Crippen molar-refractivity contribution in [1.82, 2.24) is 9.29 Å². The summed E-state index contributed by atoms with van der Waals surface area (Å²) in [6.07, 6.45) is 1.47. The van der Waals surface area contributed by atoms with Crippen LogP contribution in [-0.2, 0) is 10.0 Å². The number of hydrogen-bond acceptors (Lipinski definition) is 4. The largest absolute Gasteiger partial charge is 0.358 e. The lowest BCUT2D eigenvalue weighted by Crippen LogP contribution is -2.38. The number of H-pyrrole nitrogens is 1. The Kier molecular flexibility index (Phi) is 4.92. The Bertz CT molecular complexity index is 1170. The summed E-state index contributed by atoms with van der Waals surface area (Å²) < 4.78 is 27.3. The SMILES string of the molecule is Cc1ccc2[nH]c(C3CCN(S(=O)(=O)c4ccc([N+](=O)[O-])cc4)CC3)c(C)c2c1. The number of aromatic amines is 1. The van der Waals surface area contributed by atoms with Crippen LogP contribution < -0.4 is 0 Å². The number of nitro groups is 1. The van der Waals surface area contributed by atoms with Gasteiger partial charge >= 0.3 is 0 Å². The van der Waals surface area contributed by atoms with Crippen LogP contribution in [0.1, 0.15) is 35.6 Å². The van der Waals surface area contributed by atoms with Crippen molar-refractivity contribution >= 4 is 26.6 Å². The third-order valence-corrected chi connectivity index (χ3v) is 7.71. The van der Waals surface area contributed by atoms with Crippen molar-refractivity contribution in [2.24, 2.45) is 0 Å². The molecule has 1 saturated heterocycles. The molecule has 2 aromatic carbocycles. The van der Waals surface area contributed by atoms with Crippen LogP contribution in [0.3, 0.4) is 0 Å². The molecule has 0 bridgehead atoms. The van der Waals surface area contributed by atoms with E-state index >= 15 is 0 Å². The monoisotopic (exact) mass is 413 g/mol. The Balaban J connectivity index is 1.52. The number of aromatic nitrogens is 1. The first-order valence-electron chi connectivity index (χ1n) is 9.61. The standard InChI is InChI=1S/C21H23N3O4S/c1-14-3-8-20-19(13-14)15(2)21(22-20)16-9-11-23(12-10-16)29(27,28)18-6-4-17(5-7-18)24(25)26/h3-8,13,16,22H,9-12H2,1-2H3. The van der Waals surface area contributed by atoms with Gasteiger partial charge in [0.2, 0.25) is 10.0 Å². The van der Waals surface area contributed by atoms with Crippen molar-refractivity contribution in [3.05, 3.63) is 69.4 Å². The van der Waals surface area contributed by atoms with Crippen LogP contribution >= 0.6 is 0 Å². The van der Waals surface area contributed by atoms with Gasteiger partial charge in [-0.15, -0.1) is 0 Å². The highest BCUT2D eigenvalue weighted by Gasteiger charge is 2.31. The summed E-state index contributed by atoms with van der Waals surface area (Å²) in [5, 5.41) is 12.0. The predicted octanol–water partition coefficient (Wildman–Crippen LogP) is 4.26. The zero-order valence-corrected chi connectivity index (χ0v) is 17.2. The second kappa shape index (κ2) is 7.27. The molecule has 7 nitrogen and oxygen atoms in total. The Morgan fingerprint density at radius 3 is 2.34 bits per heavy atom. The van der Waals surface area contributed by atoms with E-state index in [9.17, 15) is 18.5 Å². The quantitative estimate of drug-likeness (QED) is 0.510. The number of sulfonamides is 1. The Labute approximate surface area is 169 Å². The van der Waals surface area contributed by atoms with Gasteiger partial charge in [-0.3, -0.25) is 10.1 Å². The second-order valence-electron chi connectivity index (χ2n) is 7.64. The molecule has 8 heteroatoms. The van der Waals surface area contributed by atoms with Crippen LogP contribution in [0.4, 0.5) is 5.69 Å². The number of nitrogens with one attached hydrogen (secondary N) is 1. The molecule has 4 rings (SSSR count). The third-order valence-electron chi connectivity index (χ3n) is 5.80. The molecule has 0 radical (unpaired) electrons. The van der Waals surface area contributed by atoms with E-state index in [0.717, 1.165) is 18.4 Å². The van der Waals surface area contributed by atoms with Gasteiger partial charge < -0.3 is 4.98 Å². The van der Waals surface area contributed by atoms with Crippen molar-refractivity contribution in [1.29, 1.82) is 0 Å². The molecule has 0 amide bonds. The van der Waals surface area contributed by atoms with Crippen molar-refractivity contribution in [2.45, 2.75) is 37.5 Å². The lowest BCUT2D eigenvalue weighted by atomic mass is 9.92. The molecule has 1 aliphatic rings. The molecule has 0 unspecified atom stereocenters. The van der Waals surface area contributed by atoms with Crippen LogP contribution in [0.25, 0.3) is 10.9 Å². The zero-order chi connectivity index (χ0) is 20.8. The van der Waals surface area contributed by atoms with E-state index in [1.807, 2.05) is 0 Å². The van der Waals surface area contributed by atoms with E-state index in [1.54, 1.807) is 0 Å². The van der Waals surface area contributed by atoms with Crippen LogP contribution in [-0.4, -0.2) is 35.7 Å². The Morgan fingerprint density at radius 2 is 1.72 bits per heavy atom. The van der Waals surface area contributed by atoms with Crippen molar-refractivity contribution in [2.75, 3.05) is 13.1 Å². The highest BCUT2D eigenvalue weighted by molar-refractivity contribution is 7.89. The second-order valence-corrected chi connectivity index (χ2v) is 9.58. The number of piperidine rings is 1.